The van der Waals surface area contributed by atoms with Gasteiger partial charge in [-0.1, -0.05) is 78.3 Å². The second-order valence-electron chi connectivity index (χ2n) is 7.82. The predicted molar refractivity (Wildman–Crippen MR) is 139 cm³/mol. The summed E-state index contributed by atoms with van der Waals surface area (Å²) in [6.07, 6.45) is 1.50. The molecule has 0 spiro atoms. The molecule has 0 aromatic heterocycles. The Morgan fingerprint density at radius 3 is 2.17 bits per heavy atom. The van der Waals surface area contributed by atoms with Gasteiger partial charge in [-0.15, -0.1) is 0 Å². The van der Waals surface area contributed by atoms with Crippen LogP contribution in [0.4, 0.5) is 0 Å². The van der Waals surface area contributed by atoms with Crippen LogP contribution < -0.4 is 10.2 Å². The molecule has 0 saturated carbocycles. The van der Waals surface area contributed by atoms with E-state index >= 15 is 0 Å². The van der Waals surface area contributed by atoms with Crippen LogP contribution in [0.1, 0.15) is 26.3 Å². The average molecular weight is 479 g/mol. The second kappa shape index (κ2) is 9.79. The molecular formula is C29H19ClN2O3. The Morgan fingerprint density at radius 1 is 0.743 bits per heavy atom. The molecule has 0 radical (unpaired) electrons. The van der Waals surface area contributed by atoms with Crippen LogP contribution in [0.2, 0.25) is 5.02 Å². The molecule has 1 N–H and O–H groups in total. The molecule has 35 heavy (non-hydrogen) atoms. The number of fused-ring (bicyclic) bond motifs is 2. The lowest BCUT2D eigenvalue weighted by Gasteiger charge is -2.11. The van der Waals surface area contributed by atoms with Gasteiger partial charge in [-0.25, -0.2) is 10.2 Å². The number of carbonyl (C=O) groups is 2. The van der Waals surface area contributed by atoms with Crippen LogP contribution >= 0.6 is 11.6 Å². The van der Waals surface area contributed by atoms with Crippen molar-refractivity contribution in [2.75, 3.05) is 0 Å². The Labute approximate surface area is 206 Å². The van der Waals surface area contributed by atoms with Crippen LogP contribution in [0.5, 0.6) is 5.75 Å². The van der Waals surface area contributed by atoms with Gasteiger partial charge in [-0.2, -0.15) is 5.10 Å². The minimum absolute atomic E-state index is 0.326. The number of esters is 1. The van der Waals surface area contributed by atoms with Gasteiger partial charge < -0.3 is 4.74 Å². The number of hydrogen-bond acceptors (Lipinski definition) is 4. The third-order valence-electron chi connectivity index (χ3n) is 5.61. The molecule has 0 unspecified atom stereocenters. The maximum Gasteiger partial charge on any atom is 0.343 e. The smallest absolute Gasteiger partial charge is 0.343 e. The van der Waals surface area contributed by atoms with E-state index in [-0.39, 0.29) is 5.91 Å². The summed E-state index contributed by atoms with van der Waals surface area (Å²) in [7, 11) is 0. The Bertz CT molecular complexity index is 1590. The van der Waals surface area contributed by atoms with E-state index in [9.17, 15) is 9.59 Å². The molecule has 0 bridgehead atoms. The minimum atomic E-state index is -0.522. The highest BCUT2D eigenvalue weighted by Crippen LogP contribution is 2.28. The fourth-order valence-electron chi connectivity index (χ4n) is 3.88. The molecule has 170 valence electrons. The van der Waals surface area contributed by atoms with Gasteiger partial charge in [0, 0.05) is 16.1 Å². The molecule has 0 heterocycles. The molecule has 5 aromatic carbocycles. The van der Waals surface area contributed by atoms with E-state index < -0.39 is 5.97 Å². The van der Waals surface area contributed by atoms with Crippen LogP contribution in [0.3, 0.4) is 0 Å². The first kappa shape index (κ1) is 22.3. The number of rotatable bonds is 5. The fourth-order valence-corrected chi connectivity index (χ4v) is 4.01. The number of carbonyl (C=O) groups excluding carboxylic acids is 2. The quantitative estimate of drug-likeness (QED) is 0.133. The minimum Gasteiger partial charge on any atom is -0.422 e. The van der Waals surface area contributed by atoms with Crippen LogP contribution in [-0.4, -0.2) is 18.1 Å². The maximum atomic E-state index is 12.9. The normalized spacial score (nSPS) is 11.1. The summed E-state index contributed by atoms with van der Waals surface area (Å²) in [6.45, 7) is 0. The molecule has 0 atom stereocenters. The molecule has 1 amide bonds. The van der Waals surface area contributed by atoms with Crippen molar-refractivity contribution in [3.63, 3.8) is 0 Å². The number of hydrogen-bond donors (Lipinski definition) is 1. The lowest BCUT2D eigenvalue weighted by molar-refractivity contribution is 0.0734. The van der Waals surface area contributed by atoms with E-state index in [4.69, 9.17) is 16.3 Å². The highest BCUT2D eigenvalue weighted by molar-refractivity contribution is 6.30. The van der Waals surface area contributed by atoms with E-state index in [1.165, 1.54) is 6.21 Å². The van der Waals surface area contributed by atoms with Gasteiger partial charge in [-0.3, -0.25) is 4.79 Å². The largest absolute Gasteiger partial charge is 0.422 e. The third kappa shape index (κ3) is 4.76. The van der Waals surface area contributed by atoms with Crippen LogP contribution in [-0.2, 0) is 0 Å². The molecule has 0 aliphatic heterocycles. The molecule has 0 fully saturated rings. The van der Waals surface area contributed by atoms with Gasteiger partial charge >= 0.3 is 5.97 Å². The Morgan fingerprint density at radius 2 is 1.40 bits per heavy atom. The van der Waals surface area contributed by atoms with Crippen LogP contribution in [0, 0.1) is 0 Å². The van der Waals surface area contributed by atoms with Crippen molar-refractivity contribution < 1.29 is 14.3 Å². The number of hydrazone groups is 1. The van der Waals surface area contributed by atoms with Gasteiger partial charge in [0.1, 0.15) is 5.75 Å². The first-order chi connectivity index (χ1) is 17.1. The zero-order valence-electron chi connectivity index (χ0n) is 18.4. The maximum absolute atomic E-state index is 12.9. The SMILES string of the molecule is O=C(Oc1ccc2ccccc2c1/C=N/NC(=O)c1cccc2ccccc12)c1ccc(Cl)cc1. The molecule has 5 nitrogen and oxygen atoms in total. The predicted octanol–water partition coefficient (Wildman–Crippen LogP) is 6.63. The van der Waals surface area contributed by atoms with E-state index in [0.29, 0.717) is 27.5 Å². The van der Waals surface area contributed by atoms with Crippen molar-refractivity contribution in [2.45, 2.75) is 0 Å². The summed E-state index contributed by atoms with van der Waals surface area (Å²) in [5.74, 6) is -0.531. The van der Waals surface area contributed by atoms with Gasteiger partial charge in [-0.05, 0) is 57.9 Å². The lowest BCUT2D eigenvalue weighted by Crippen LogP contribution is -2.18. The molecule has 0 aliphatic rings. The van der Waals surface area contributed by atoms with Crippen molar-refractivity contribution in [3.05, 3.63) is 125 Å². The number of nitrogens with zero attached hydrogens (tertiary/aromatic N) is 1. The van der Waals surface area contributed by atoms with Crippen molar-refractivity contribution in [2.24, 2.45) is 5.10 Å². The van der Waals surface area contributed by atoms with E-state index in [1.807, 2.05) is 66.7 Å². The number of benzene rings is 5. The van der Waals surface area contributed by atoms with E-state index in [2.05, 4.69) is 10.5 Å². The van der Waals surface area contributed by atoms with Crippen molar-refractivity contribution in [1.29, 1.82) is 0 Å². The molecular weight excluding hydrogens is 460 g/mol. The second-order valence-corrected chi connectivity index (χ2v) is 8.26. The standard InChI is InChI=1S/C29H19ClN2O3/c30-22-15-12-21(13-16-22)29(34)35-27-17-14-20-7-2-4-10-24(20)26(27)18-31-32-28(33)25-11-5-8-19-6-1-3-9-23(19)25/h1-18H,(H,32,33)/b31-18+. The summed E-state index contributed by atoms with van der Waals surface area (Å²) in [5, 5.41) is 8.30. The van der Waals surface area contributed by atoms with Gasteiger partial charge in [0.15, 0.2) is 0 Å². The lowest BCUT2D eigenvalue weighted by atomic mass is 10.0. The Kier molecular flexibility index (Phi) is 6.24. The summed E-state index contributed by atoms with van der Waals surface area (Å²) in [5.41, 5.74) is 4.06. The Hall–Kier alpha value is -4.48. The first-order valence-corrected chi connectivity index (χ1v) is 11.3. The zero-order valence-corrected chi connectivity index (χ0v) is 19.2. The average Bonchev–Trinajstić information content (AvgIpc) is 2.89. The zero-order chi connectivity index (χ0) is 24.2. The third-order valence-corrected chi connectivity index (χ3v) is 5.86. The first-order valence-electron chi connectivity index (χ1n) is 10.9. The molecule has 0 aliphatic carbocycles. The number of ether oxygens (including phenoxy) is 1. The van der Waals surface area contributed by atoms with Gasteiger partial charge in [0.2, 0.25) is 0 Å². The van der Waals surface area contributed by atoms with Crippen LogP contribution in [0.15, 0.2) is 108 Å². The van der Waals surface area contributed by atoms with E-state index in [1.54, 1.807) is 36.4 Å². The summed E-state index contributed by atoms with van der Waals surface area (Å²) < 4.78 is 5.69. The highest BCUT2D eigenvalue weighted by Gasteiger charge is 2.14. The Balaban J connectivity index is 1.45. The molecule has 6 heteroatoms. The molecule has 5 aromatic rings. The molecule has 0 saturated heterocycles. The van der Waals surface area contributed by atoms with E-state index in [0.717, 1.165) is 21.5 Å². The summed E-state index contributed by atoms with van der Waals surface area (Å²) in [6, 6.07) is 30.9. The summed E-state index contributed by atoms with van der Waals surface area (Å²) in [4.78, 5) is 25.6. The number of nitrogens with one attached hydrogen (secondary N) is 1. The number of halogens is 1. The topological polar surface area (TPSA) is 67.8 Å². The monoisotopic (exact) mass is 478 g/mol. The number of amides is 1. The molecule has 5 rings (SSSR count). The van der Waals surface area contributed by atoms with Crippen molar-refractivity contribution >= 4 is 51.2 Å². The van der Waals surface area contributed by atoms with Gasteiger partial charge in [0.05, 0.1) is 11.8 Å². The van der Waals surface area contributed by atoms with Crippen molar-refractivity contribution in [1.82, 2.24) is 5.43 Å². The van der Waals surface area contributed by atoms with Crippen LogP contribution in [0.25, 0.3) is 21.5 Å². The van der Waals surface area contributed by atoms with Crippen molar-refractivity contribution in [3.8, 4) is 5.75 Å². The highest BCUT2D eigenvalue weighted by atomic mass is 35.5. The van der Waals surface area contributed by atoms with Gasteiger partial charge in [0.25, 0.3) is 5.91 Å². The fraction of sp³-hybridized carbons (Fsp3) is 0. The summed E-state index contributed by atoms with van der Waals surface area (Å²) >= 11 is 5.92.